The first-order valence-corrected chi connectivity index (χ1v) is 6.84. The quantitative estimate of drug-likeness (QED) is 0.874. The Kier molecular flexibility index (Phi) is 3.61. The van der Waals surface area contributed by atoms with Crippen LogP contribution < -0.4 is 10.6 Å². The molecule has 0 aromatic heterocycles. The van der Waals surface area contributed by atoms with Crippen molar-refractivity contribution in [2.75, 3.05) is 22.6 Å². The number of anilines is 2. The monoisotopic (exact) mass is 256 g/mol. The zero-order valence-corrected chi connectivity index (χ0v) is 10.5. The molecular formula is C11H13ClN2OS. The summed E-state index contributed by atoms with van der Waals surface area (Å²) >= 11 is 7.74. The topological polar surface area (TPSA) is 41.1 Å². The number of carbonyl (C=O) groups excluding carboxylic acids is 1. The van der Waals surface area contributed by atoms with Crippen LogP contribution in [0.4, 0.5) is 11.4 Å². The number of halogens is 1. The van der Waals surface area contributed by atoms with Crippen LogP contribution in [0.1, 0.15) is 6.42 Å². The fourth-order valence-corrected chi connectivity index (χ4v) is 2.37. The molecule has 3 nitrogen and oxygen atoms in total. The zero-order chi connectivity index (χ0) is 11.5. The maximum atomic E-state index is 11.8. The third-order valence-electron chi connectivity index (χ3n) is 2.52. The predicted molar refractivity (Wildman–Crippen MR) is 70.5 cm³/mol. The highest BCUT2D eigenvalue weighted by Gasteiger charge is 2.25. The molecule has 0 aliphatic carbocycles. The second-order valence-electron chi connectivity index (χ2n) is 3.63. The minimum atomic E-state index is -0.154. The number of fused-ring (bicyclic) bond motifs is 1. The summed E-state index contributed by atoms with van der Waals surface area (Å²) in [5, 5.41) is 6.63. The SMILES string of the molecule is CSCCC1Nc2cccc(Cl)c2NC1=O. The fourth-order valence-electron chi connectivity index (χ4n) is 1.67. The van der Waals surface area contributed by atoms with Crippen molar-refractivity contribution in [3.8, 4) is 0 Å². The maximum absolute atomic E-state index is 11.8. The molecule has 1 aromatic carbocycles. The molecule has 16 heavy (non-hydrogen) atoms. The second-order valence-corrected chi connectivity index (χ2v) is 5.02. The Labute approximate surface area is 104 Å². The summed E-state index contributed by atoms with van der Waals surface area (Å²) in [6.45, 7) is 0. The molecule has 1 aromatic rings. The van der Waals surface area contributed by atoms with Crippen molar-refractivity contribution in [3.05, 3.63) is 23.2 Å². The first-order valence-electron chi connectivity index (χ1n) is 5.07. The molecule has 0 saturated heterocycles. The summed E-state index contributed by atoms with van der Waals surface area (Å²) in [6.07, 6.45) is 2.85. The third kappa shape index (κ3) is 2.28. The molecule has 1 aliphatic rings. The molecular weight excluding hydrogens is 244 g/mol. The van der Waals surface area contributed by atoms with Gasteiger partial charge in [0.05, 0.1) is 16.4 Å². The average molecular weight is 257 g/mol. The summed E-state index contributed by atoms with van der Waals surface area (Å²) in [6, 6.07) is 5.41. The van der Waals surface area contributed by atoms with Gasteiger partial charge in [-0.2, -0.15) is 11.8 Å². The molecule has 1 atom stereocenters. The Morgan fingerprint density at radius 2 is 2.31 bits per heavy atom. The van der Waals surface area contributed by atoms with Gasteiger partial charge in [0.25, 0.3) is 0 Å². The number of hydrogen-bond donors (Lipinski definition) is 2. The molecule has 0 saturated carbocycles. The molecule has 0 radical (unpaired) electrons. The molecule has 0 bridgehead atoms. The van der Waals surface area contributed by atoms with Gasteiger partial charge in [-0.25, -0.2) is 0 Å². The van der Waals surface area contributed by atoms with Crippen LogP contribution in [0.3, 0.4) is 0 Å². The normalized spacial score (nSPS) is 18.6. The first-order chi connectivity index (χ1) is 7.72. The van der Waals surface area contributed by atoms with E-state index >= 15 is 0 Å². The van der Waals surface area contributed by atoms with E-state index in [9.17, 15) is 4.79 Å². The largest absolute Gasteiger partial charge is 0.372 e. The Hall–Kier alpha value is -0.870. The maximum Gasteiger partial charge on any atom is 0.246 e. The summed E-state index contributed by atoms with van der Waals surface area (Å²) in [5.41, 5.74) is 1.59. The number of nitrogens with one attached hydrogen (secondary N) is 2. The lowest BCUT2D eigenvalue weighted by atomic mass is 10.1. The van der Waals surface area contributed by atoms with E-state index in [4.69, 9.17) is 11.6 Å². The molecule has 1 aliphatic heterocycles. The lowest BCUT2D eigenvalue weighted by molar-refractivity contribution is -0.117. The predicted octanol–water partition coefficient (Wildman–Crippen LogP) is 2.83. The lowest BCUT2D eigenvalue weighted by Gasteiger charge is -2.27. The fraction of sp³-hybridized carbons (Fsp3) is 0.364. The van der Waals surface area contributed by atoms with Crippen LogP contribution in [0.15, 0.2) is 18.2 Å². The van der Waals surface area contributed by atoms with E-state index in [1.54, 1.807) is 17.8 Å². The molecule has 1 amide bonds. The van der Waals surface area contributed by atoms with Crippen molar-refractivity contribution in [1.29, 1.82) is 0 Å². The van der Waals surface area contributed by atoms with Gasteiger partial charge in [-0.15, -0.1) is 0 Å². The van der Waals surface area contributed by atoms with Crippen LogP contribution in [0, 0.1) is 0 Å². The molecule has 86 valence electrons. The average Bonchev–Trinajstić information content (AvgIpc) is 2.28. The van der Waals surface area contributed by atoms with E-state index < -0.39 is 0 Å². The van der Waals surface area contributed by atoms with E-state index in [1.807, 2.05) is 18.4 Å². The van der Waals surface area contributed by atoms with Crippen LogP contribution in [0.5, 0.6) is 0 Å². The van der Waals surface area contributed by atoms with E-state index in [2.05, 4.69) is 10.6 Å². The highest BCUT2D eigenvalue weighted by Crippen LogP contribution is 2.33. The number of rotatable bonds is 3. The Balaban J connectivity index is 2.19. The Morgan fingerprint density at radius 1 is 1.50 bits per heavy atom. The van der Waals surface area contributed by atoms with Crippen molar-refractivity contribution in [3.63, 3.8) is 0 Å². The summed E-state index contributed by atoms with van der Waals surface area (Å²) in [5.74, 6) is 0.954. The van der Waals surface area contributed by atoms with Gasteiger partial charge >= 0.3 is 0 Å². The van der Waals surface area contributed by atoms with Crippen LogP contribution in [-0.4, -0.2) is 24.0 Å². The van der Waals surface area contributed by atoms with Crippen LogP contribution in [0.25, 0.3) is 0 Å². The van der Waals surface area contributed by atoms with Gasteiger partial charge in [-0.05, 0) is 30.6 Å². The van der Waals surface area contributed by atoms with Gasteiger partial charge in [0, 0.05) is 0 Å². The first kappa shape index (κ1) is 11.6. The number of thioether (sulfide) groups is 1. The van der Waals surface area contributed by atoms with Crippen LogP contribution in [-0.2, 0) is 4.79 Å². The Morgan fingerprint density at radius 3 is 3.06 bits per heavy atom. The lowest BCUT2D eigenvalue weighted by Crippen LogP contribution is -2.39. The number of hydrogen-bond acceptors (Lipinski definition) is 3. The van der Waals surface area contributed by atoms with E-state index in [1.165, 1.54) is 0 Å². The van der Waals surface area contributed by atoms with Crippen LogP contribution in [0.2, 0.25) is 5.02 Å². The molecule has 1 heterocycles. The minimum Gasteiger partial charge on any atom is -0.372 e. The standard InChI is InChI=1S/C11H13ClN2OS/c1-16-6-5-9-11(15)14-10-7(12)3-2-4-8(10)13-9/h2-4,9,13H,5-6H2,1H3,(H,14,15). The summed E-state index contributed by atoms with van der Waals surface area (Å²) in [4.78, 5) is 11.8. The zero-order valence-electron chi connectivity index (χ0n) is 8.92. The van der Waals surface area contributed by atoms with Crippen molar-refractivity contribution in [2.45, 2.75) is 12.5 Å². The van der Waals surface area contributed by atoms with Crippen molar-refractivity contribution >= 4 is 40.6 Å². The summed E-state index contributed by atoms with van der Waals surface area (Å²) < 4.78 is 0. The van der Waals surface area contributed by atoms with Gasteiger partial charge in [0.15, 0.2) is 0 Å². The number of benzene rings is 1. The van der Waals surface area contributed by atoms with Crippen molar-refractivity contribution in [1.82, 2.24) is 0 Å². The number of amides is 1. The molecule has 0 spiro atoms. The van der Waals surface area contributed by atoms with Gasteiger partial charge in [0.2, 0.25) is 5.91 Å². The van der Waals surface area contributed by atoms with Crippen molar-refractivity contribution in [2.24, 2.45) is 0 Å². The van der Waals surface area contributed by atoms with Gasteiger partial charge in [-0.1, -0.05) is 17.7 Å². The summed E-state index contributed by atoms with van der Waals surface area (Å²) in [7, 11) is 0. The highest BCUT2D eigenvalue weighted by molar-refractivity contribution is 7.98. The van der Waals surface area contributed by atoms with E-state index in [0.29, 0.717) is 10.7 Å². The molecule has 0 fully saturated rings. The van der Waals surface area contributed by atoms with E-state index in [0.717, 1.165) is 17.9 Å². The number of para-hydroxylation sites is 1. The van der Waals surface area contributed by atoms with Gasteiger partial charge in [-0.3, -0.25) is 4.79 Å². The van der Waals surface area contributed by atoms with E-state index in [-0.39, 0.29) is 11.9 Å². The molecule has 2 rings (SSSR count). The third-order valence-corrected chi connectivity index (χ3v) is 3.48. The minimum absolute atomic E-state index is 0.00495. The Bertz CT molecular complexity index is 411. The second kappa shape index (κ2) is 4.97. The molecule has 2 N–H and O–H groups in total. The van der Waals surface area contributed by atoms with Gasteiger partial charge in [0.1, 0.15) is 6.04 Å². The smallest absolute Gasteiger partial charge is 0.246 e. The van der Waals surface area contributed by atoms with Crippen molar-refractivity contribution < 1.29 is 4.79 Å². The van der Waals surface area contributed by atoms with Gasteiger partial charge < -0.3 is 10.6 Å². The van der Waals surface area contributed by atoms with Crippen LogP contribution >= 0.6 is 23.4 Å². The molecule has 1 unspecified atom stereocenters. The highest BCUT2D eigenvalue weighted by atomic mass is 35.5. The number of carbonyl (C=O) groups is 1. The molecule has 5 heteroatoms.